The average Bonchev–Trinajstić information content (AvgIpc) is 2.18. The third-order valence-corrected chi connectivity index (χ3v) is 2.73. The average molecular weight is 220 g/mol. The molecule has 0 heterocycles. The Balaban J connectivity index is 3.05. The second kappa shape index (κ2) is 5.24. The van der Waals surface area contributed by atoms with Crippen LogP contribution in [0.2, 0.25) is 0 Å². The van der Waals surface area contributed by atoms with Gasteiger partial charge in [0.05, 0.1) is 0 Å². The molecule has 0 amide bonds. The van der Waals surface area contributed by atoms with E-state index in [-0.39, 0.29) is 0 Å². The summed E-state index contributed by atoms with van der Waals surface area (Å²) in [5.74, 6) is 0.656. The molecule has 0 atom stereocenters. The number of nitrogen functional groups attached to an aromatic ring is 1. The summed E-state index contributed by atoms with van der Waals surface area (Å²) in [4.78, 5) is 2.43. The second-order valence-corrected chi connectivity index (χ2v) is 5.19. The van der Waals surface area contributed by atoms with E-state index in [4.69, 9.17) is 5.73 Å². The highest BCUT2D eigenvalue weighted by Crippen LogP contribution is 2.25. The Labute approximate surface area is 99.5 Å². The zero-order valence-electron chi connectivity index (χ0n) is 11.1. The number of anilines is 2. The van der Waals surface area contributed by atoms with Crippen molar-refractivity contribution in [3.63, 3.8) is 0 Å². The molecular weight excluding hydrogens is 196 g/mol. The van der Waals surface area contributed by atoms with Gasteiger partial charge < -0.3 is 10.6 Å². The fourth-order valence-electron chi connectivity index (χ4n) is 1.92. The molecule has 0 fully saturated rings. The number of benzene rings is 1. The zero-order chi connectivity index (χ0) is 12.3. The SMILES string of the molecule is Cc1ccc(N)cc1N(CC(C)C)C(C)C. The summed E-state index contributed by atoms with van der Waals surface area (Å²) >= 11 is 0. The minimum absolute atomic E-state index is 0.503. The van der Waals surface area contributed by atoms with Crippen molar-refractivity contribution in [2.24, 2.45) is 5.92 Å². The third kappa shape index (κ3) is 3.16. The fourth-order valence-corrected chi connectivity index (χ4v) is 1.92. The lowest BCUT2D eigenvalue weighted by atomic mass is 10.1. The van der Waals surface area contributed by atoms with E-state index < -0.39 is 0 Å². The molecule has 16 heavy (non-hydrogen) atoms. The summed E-state index contributed by atoms with van der Waals surface area (Å²) < 4.78 is 0. The van der Waals surface area contributed by atoms with Crippen molar-refractivity contribution in [1.82, 2.24) is 0 Å². The van der Waals surface area contributed by atoms with Gasteiger partial charge in [-0.3, -0.25) is 0 Å². The highest BCUT2D eigenvalue weighted by molar-refractivity contribution is 5.61. The molecule has 0 radical (unpaired) electrons. The molecule has 1 aromatic carbocycles. The van der Waals surface area contributed by atoms with Crippen molar-refractivity contribution in [1.29, 1.82) is 0 Å². The summed E-state index contributed by atoms with van der Waals surface area (Å²) in [7, 11) is 0. The highest BCUT2D eigenvalue weighted by atomic mass is 15.2. The van der Waals surface area contributed by atoms with Crippen LogP contribution in [0.25, 0.3) is 0 Å². The normalized spacial score (nSPS) is 11.2. The minimum Gasteiger partial charge on any atom is -0.399 e. The van der Waals surface area contributed by atoms with Gasteiger partial charge in [0, 0.05) is 24.0 Å². The van der Waals surface area contributed by atoms with Crippen molar-refractivity contribution in [3.05, 3.63) is 23.8 Å². The van der Waals surface area contributed by atoms with Crippen LogP contribution in [-0.4, -0.2) is 12.6 Å². The van der Waals surface area contributed by atoms with Gasteiger partial charge in [0.1, 0.15) is 0 Å². The second-order valence-electron chi connectivity index (χ2n) is 5.19. The van der Waals surface area contributed by atoms with Gasteiger partial charge in [-0.25, -0.2) is 0 Å². The summed E-state index contributed by atoms with van der Waals surface area (Å²) in [6.45, 7) is 12.2. The smallest absolute Gasteiger partial charge is 0.0418 e. The number of nitrogens with zero attached hydrogens (tertiary/aromatic N) is 1. The molecule has 0 saturated carbocycles. The lowest BCUT2D eigenvalue weighted by molar-refractivity contribution is 0.570. The van der Waals surface area contributed by atoms with Crippen LogP contribution in [0.15, 0.2) is 18.2 Å². The Hall–Kier alpha value is -1.18. The molecule has 2 nitrogen and oxygen atoms in total. The van der Waals surface area contributed by atoms with E-state index in [1.165, 1.54) is 11.3 Å². The van der Waals surface area contributed by atoms with Crippen LogP contribution in [-0.2, 0) is 0 Å². The Morgan fingerprint density at radius 1 is 1.19 bits per heavy atom. The van der Waals surface area contributed by atoms with Gasteiger partial charge in [-0.1, -0.05) is 19.9 Å². The van der Waals surface area contributed by atoms with Gasteiger partial charge in [-0.2, -0.15) is 0 Å². The molecule has 2 N–H and O–H groups in total. The molecule has 0 spiro atoms. The quantitative estimate of drug-likeness (QED) is 0.787. The van der Waals surface area contributed by atoms with Gasteiger partial charge >= 0.3 is 0 Å². The minimum atomic E-state index is 0.503. The first kappa shape index (κ1) is 12.9. The van der Waals surface area contributed by atoms with Crippen LogP contribution >= 0.6 is 0 Å². The molecule has 1 aromatic rings. The van der Waals surface area contributed by atoms with E-state index in [1.54, 1.807) is 0 Å². The highest BCUT2D eigenvalue weighted by Gasteiger charge is 2.14. The van der Waals surface area contributed by atoms with Crippen LogP contribution in [0, 0.1) is 12.8 Å². The largest absolute Gasteiger partial charge is 0.399 e. The molecular formula is C14H24N2. The van der Waals surface area contributed by atoms with Gasteiger partial charge in [-0.05, 0) is 44.4 Å². The number of hydrogen-bond acceptors (Lipinski definition) is 2. The fraction of sp³-hybridized carbons (Fsp3) is 0.571. The summed E-state index contributed by atoms with van der Waals surface area (Å²) in [5.41, 5.74) is 9.27. The van der Waals surface area contributed by atoms with Crippen molar-refractivity contribution in [2.75, 3.05) is 17.2 Å². The monoisotopic (exact) mass is 220 g/mol. The van der Waals surface area contributed by atoms with Crippen LogP contribution < -0.4 is 10.6 Å². The summed E-state index contributed by atoms with van der Waals surface area (Å²) in [6, 6.07) is 6.65. The maximum atomic E-state index is 5.87. The molecule has 90 valence electrons. The Kier molecular flexibility index (Phi) is 4.22. The van der Waals surface area contributed by atoms with E-state index in [9.17, 15) is 0 Å². The van der Waals surface area contributed by atoms with Crippen LogP contribution in [0.1, 0.15) is 33.3 Å². The van der Waals surface area contributed by atoms with Crippen molar-refractivity contribution >= 4 is 11.4 Å². The lowest BCUT2D eigenvalue weighted by Crippen LogP contribution is -2.34. The summed E-state index contributed by atoms with van der Waals surface area (Å²) in [6.07, 6.45) is 0. The standard InChI is InChI=1S/C14H24N2/c1-10(2)9-16(11(3)4)14-8-13(15)7-6-12(14)5/h6-8,10-11H,9,15H2,1-5H3. The van der Waals surface area contributed by atoms with Gasteiger partial charge in [0.2, 0.25) is 0 Å². The predicted molar refractivity (Wildman–Crippen MR) is 72.9 cm³/mol. The maximum absolute atomic E-state index is 5.87. The first-order chi connectivity index (χ1) is 7.41. The Bertz CT molecular complexity index is 343. The molecule has 0 aliphatic heterocycles. The lowest BCUT2D eigenvalue weighted by Gasteiger charge is -2.32. The molecule has 0 aromatic heterocycles. The predicted octanol–water partition coefficient (Wildman–Crippen LogP) is 3.45. The molecule has 1 rings (SSSR count). The maximum Gasteiger partial charge on any atom is 0.0418 e. The zero-order valence-corrected chi connectivity index (χ0v) is 11.1. The first-order valence-electron chi connectivity index (χ1n) is 6.04. The van der Waals surface area contributed by atoms with Gasteiger partial charge in [0.25, 0.3) is 0 Å². The molecule has 0 saturated heterocycles. The van der Waals surface area contributed by atoms with Gasteiger partial charge in [-0.15, -0.1) is 0 Å². The van der Waals surface area contributed by atoms with E-state index in [2.05, 4.69) is 51.7 Å². The molecule has 2 heteroatoms. The van der Waals surface area contributed by atoms with Crippen molar-refractivity contribution in [3.8, 4) is 0 Å². The van der Waals surface area contributed by atoms with Crippen LogP contribution in [0.3, 0.4) is 0 Å². The molecule has 0 aliphatic rings. The molecule has 0 bridgehead atoms. The van der Waals surface area contributed by atoms with Crippen LogP contribution in [0.5, 0.6) is 0 Å². The Morgan fingerprint density at radius 2 is 1.81 bits per heavy atom. The van der Waals surface area contributed by atoms with Crippen molar-refractivity contribution in [2.45, 2.75) is 40.7 Å². The van der Waals surface area contributed by atoms with Crippen molar-refractivity contribution < 1.29 is 0 Å². The summed E-state index contributed by atoms with van der Waals surface area (Å²) in [5, 5.41) is 0. The first-order valence-corrected chi connectivity index (χ1v) is 6.04. The Morgan fingerprint density at radius 3 is 2.31 bits per heavy atom. The topological polar surface area (TPSA) is 29.3 Å². The van der Waals surface area contributed by atoms with Gasteiger partial charge in [0.15, 0.2) is 0 Å². The number of rotatable bonds is 4. The third-order valence-electron chi connectivity index (χ3n) is 2.73. The van der Waals surface area contributed by atoms with E-state index in [1.807, 2.05) is 6.07 Å². The molecule has 0 unspecified atom stereocenters. The number of nitrogens with two attached hydrogens (primary N) is 1. The van der Waals surface area contributed by atoms with E-state index in [0.717, 1.165) is 12.2 Å². The van der Waals surface area contributed by atoms with E-state index >= 15 is 0 Å². The number of aryl methyl sites for hydroxylation is 1. The van der Waals surface area contributed by atoms with E-state index in [0.29, 0.717) is 12.0 Å². The number of hydrogen-bond donors (Lipinski definition) is 1. The molecule has 0 aliphatic carbocycles. The van der Waals surface area contributed by atoms with Crippen LogP contribution in [0.4, 0.5) is 11.4 Å².